The Kier molecular flexibility index (Phi) is 13.1. The zero-order valence-electron chi connectivity index (χ0n) is 23.5. The Balaban J connectivity index is 0.000000433. The van der Waals surface area contributed by atoms with Crippen LogP contribution in [0.25, 0.3) is 11.1 Å². The summed E-state index contributed by atoms with van der Waals surface area (Å²) in [6.45, 7) is 20.3. The number of likely N-dealkylation sites (tertiary alicyclic amines) is 1. The highest BCUT2D eigenvalue weighted by atomic mass is 16.5. The summed E-state index contributed by atoms with van der Waals surface area (Å²) in [7, 11) is 1.90. The molecule has 1 saturated heterocycles. The maximum absolute atomic E-state index is 11.0. The van der Waals surface area contributed by atoms with E-state index in [1.807, 2.05) is 53.2 Å². The lowest BCUT2D eigenvalue weighted by atomic mass is 10.0. The smallest absolute Gasteiger partial charge is 0.214 e. The van der Waals surface area contributed by atoms with Crippen LogP contribution in [0.2, 0.25) is 0 Å². The standard InChI is InChI=1S/C17H22N4O2.C10H18.C2H6/c1-12(2)23-17-7-14(15-8-18-20(3)9-15)6-16(19-17)13-4-5-21(10-13)11-22;1-6-10(9(4)5)7-8(2)3;1-2/h6-9,11-13H,4-5,10H2,1-3H3;6-7,9H,1-5H3;1-2H3/b;10-6+;. The van der Waals surface area contributed by atoms with Crippen molar-refractivity contribution in [2.75, 3.05) is 13.1 Å². The molecule has 1 atom stereocenters. The van der Waals surface area contributed by atoms with Crippen molar-refractivity contribution in [3.63, 3.8) is 0 Å². The number of nitrogens with zero attached hydrogens (tertiary/aromatic N) is 4. The largest absolute Gasteiger partial charge is 0.475 e. The highest BCUT2D eigenvalue weighted by Crippen LogP contribution is 2.31. The Morgan fingerprint density at radius 1 is 1.14 bits per heavy atom. The van der Waals surface area contributed by atoms with Crippen LogP contribution in [-0.2, 0) is 11.8 Å². The van der Waals surface area contributed by atoms with Crippen molar-refractivity contribution in [1.82, 2.24) is 19.7 Å². The number of ether oxygens (including phenoxy) is 1. The number of rotatable bonds is 7. The van der Waals surface area contributed by atoms with E-state index in [1.165, 1.54) is 11.1 Å². The van der Waals surface area contributed by atoms with E-state index < -0.39 is 0 Å². The van der Waals surface area contributed by atoms with Gasteiger partial charge >= 0.3 is 0 Å². The molecule has 194 valence electrons. The summed E-state index contributed by atoms with van der Waals surface area (Å²) in [6.07, 6.45) is 10.1. The van der Waals surface area contributed by atoms with Crippen molar-refractivity contribution in [3.8, 4) is 17.0 Å². The first-order valence-electron chi connectivity index (χ1n) is 12.8. The van der Waals surface area contributed by atoms with E-state index in [2.05, 4.69) is 62.9 Å². The molecule has 1 aliphatic heterocycles. The van der Waals surface area contributed by atoms with Crippen LogP contribution in [0, 0.1) is 5.92 Å². The number of amides is 1. The van der Waals surface area contributed by atoms with Crippen molar-refractivity contribution in [2.45, 2.75) is 80.8 Å². The lowest BCUT2D eigenvalue weighted by molar-refractivity contribution is -0.117. The normalized spacial score (nSPS) is 15.3. The summed E-state index contributed by atoms with van der Waals surface area (Å²) in [5, 5.41) is 4.24. The molecule has 6 heteroatoms. The van der Waals surface area contributed by atoms with Crippen LogP contribution < -0.4 is 4.74 Å². The molecule has 0 saturated carbocycles. The summed E-state index contributed by atoms with van der Waals surface area (Å²) < 4.78 is 7.59. The zero-order chi connectivity index (χ0) is 26.5. The molecule has 1 aliphatic rings. The predicted molar refractivity (Wildman–Crippen MR) is 147 cm³/mol. The monoisotopic (exact) mass is 482 g/mol. The van der Waals surface area contributed by atoms with Gasteiger partial charge in [-0.05, 0) is 64.2 Å². The molecular weight excluding hydrogens is 436 g/mol. The van der Waals surface area contributed by atoms with Gasteiger partial charge in [-0.25, -0.2) is 4.98 Å². The first-order chi connectivity index (χ1) is 16.6. The van der Waals surface area contributed by atoms with Gasteiger partial charge in [0.15, 0.2) is 0 Å². The Labute approximate surface area is 213 Å². The molecule has 1 amide bonds. The van der Waals surface area contributed by atoms with E-state index in [9.17, 15) is 4.79 Å². The van der Waals surface area contributed by atoms with E-state index >= 15 is 0 Å². The molecule has 35 heavy (non-hydrogen) atoms. The molecule has 3 heterocycles. The van der Waals surface area contributed by atoms with Crippen LogP contribution in [0.4, 0.5) is 0 Å². The van der Waals surface area contributed by atoms with Crippen LogP contribution in [-0.4, -0.2) is 45.3 Å². The van der Waals surface area contributed by atoms with E-state index in [0.717, 1.165) is 36.2 Å². The molecule has 6 nitrogen and oxygen atoms in total. The summed E-state index contributed by atoms with van der Waals surface area (Å²) >= 11 is 0. The first-order valence-corrected chi connectivity index (χ1v) is 12.8. The van der Waals surface area contributed by atoms with Gasteiger partial charge in [-0.1, -0.05) is 45.4 Å². The Morgan fingerprint density at radius 3 is 2.26 bits per heavy atom. The maximum atomic E-state index is 11.0. The second kappa shape index (κ2) is 15.2. The van der Waals surface area contributed by atoms with Crippen LogP contribution in [0.5, 0.6) is 5.88 Å². The number of pyridine rings is 1. The average molecular weight is 483 g/mol. The predicted octanol–water partition coefficient (Wildman–Crippen LogP) is 6.80. The zero-order valence-corrected chi connectivity index (χ0v) is 23.5. The van der Waals surface area contributed by atoms with Crippen molar-refractivity contribution >= 4 is 6.41 Å². The van der Waals surface area contributed by atoms with E-state index in [4.69, 9.17) is 4.74 Å². The van der Waals surface area contributed by atoms with Gasteiger partial charge in [0.1, 0.15) is 0 Å². The number of allylic oxidation sites excluding steroid dienone is 4. The van der Waals surface area contributed by atoms with E-state index in [0.29, 0.717) is 18.3 Å². The van der Waals surface area contributed by atoms with Gasteiger partial charge in [0, 0.05) is 49.6 Å². The minimum absolute atomic E-state index is 0.0644. The molecule has 0 bridgehead atoms. The third-order valence-electron chi connectivity index (χ3n) is 5.46. The fraction of sp³-hybridized carbons (Fsp3) is 0.552. The minimum atomic E-state index is 0.0644. The quantitative estimate of drug-likeness (QED) is 0.322. The second-order valence-corrected chi connectivity index (χ2v) is 9.44. The van der Waals surface area contributed by atoms with Gasteiger partial charge in [0.2, 0.25) is 12.3 Å². The minimum Gasteiger partial charge on any atom is -0.475 e. The molecule has 0 spiro atoms. The molecule has 3 rings (SSSR count). The van der Waals surface area contributed by atoms with Gasteiger partial charge in [-0.15, -0.1) is 0 Å². The molecule has 0 N–H and O–H groups in total. The Bertz CT molecular complexity index is 969. The highest BCUT2D eigenvalue weighted by molar-refractivity contribution is 5.63. The summed E-state index contributed by atoms with van der Waals surface area (Å²) in [5.41, 5.74) is 5.87. The van der Waals surface area contributed by atoms with E-state index in [1.54, 1.807) is 9.58 Å². The van der Waals surface area contributed by atoms with Gasteiger partial charge in [0.25, 0.3) is 0 Å². The molecule has 0 radical (unpaired) electrons. The molecule has 0 aliphatic carbocycles. The third kappa shape index (κ3) is 10.1. The number of aryl methyl sites for hydroxylation is 1. The van der Waals surface area contributed by atoms with E-state index in [-0.39, 0.29) is 12.0 Å². The topological polar surface area (TPSA) is 60.2 Å². The fourth-order valence-corrected chi connectivity index (χ4v) is 3.81. The summed E-state index contributed by atoms with van der Waals surface area (Å²) in [6, 6.07) is 4.04. The van der Waals surface area contributed by atoms with Gasteiger partial charge < -0.3 is 9.64 Å². The van der Waals surface area contributed by atoms with Crippen LogP contribution >= 0.6 is 0 Å². The third-order valence-corrected chi connectivity index (χ3v) is 5.46. The summed E-state index contributed by atoms with van der Waals surface area (Å²) in [4.78, 5) is 17.4. The Hall–Kier alpha value is -2.89. The molecular formula is C29H46N4O2. The number of aromatic nitrogens is 3. The highest BCUT2D eigenvalue weighted by Gasteiger charge is 2.25. The SMILES string of the molecule is C/C=C(\C=C(C)C)C(C)C.CC.CC(C)Oc1cc(-c2cnn(C)c2)cc(C2CCN(C=O)C2)n1. The molecule has 1 unspecified atom stereocenters. The molecule has 1 fully saturated rings. The van der Waals surface area contributed by atoms with Gasteiger partial charge in [-0.3, -0.25) is 9.48 Å². The Morgan fingerprint density at radius 2 is 1.83 bits per heavy atom. The average Bonchev–Trinajstić information content (AvgIpc) is 3.47. The maximum Gasteiger partial charge on any atom is 0.214 e. The first kappa shape index (κ1) is 30.1. The number of carbonyl (C=O) groups excluding carboxylic acids is 1. The number of hydrogen-bond donors (Lipinski definition) is 0. The summed E-state index contributed by atoms with van der Waals surface area (Å²) in [5.74, 6) is 1.53. The fourth-order valence-electron chi connectivity index (χ4n) is 3.81. The van der Waals surface area contributed by atoms with Crippen LogP contribution in [0.15, 0.2) is 47.8 Å². The lowest BCUT2D eigenvalue weighted by Crippen LogP contribution is -2.18. The number of carbonyl (C=O) groups is 1. The molecule has 2 aromatic rings. The van der Waals surface area contributed by atoms with Crippen molar-refractivity contribution in [1.29, 1.82) is 0 Å². The lowest BCUT2D eigenvalue weighted by Gasteiger charge is -2.15. The number of hydrogen-bond acceptors (Lipinski definition) is 4. The van der Waals surface area contributed by atoms with Crippen molar-refractivity contribution in [3.05, 3.63) is 53.5 Å². The second-order valence-electron chi connectivity index (χ2n) is 9.44. The molecule has 0 aromatic carbocycles. The van der Waals surface area contributed by atoms with Crippen molar-refractivity contribution in [2.24, 2.45) is 13.0 Å². The van der Waals surface area contributed by atoms with Crippen LogP contribution in [0.1, 0.15) is 80.3 Å². The van der Waals surface area contributed by atoms with Crippen LogP contribution in [0.3, 0.4) is 0 Å². The van der Waals surface area contributed by atoms with Gasteiger partial charge in [0.05, 0.1) is 12.3 Å². The van der Waals surface area contributed by atoms with Crippen molar-refractivity contribution < 1.29 is 9.53 Å². The molecule has 2 aromatic heterocycles. The van der Waals surface area contributed by atoms with Gasteiger partial charge in [-0.2, -0.15) is 5.10 Å².